The van der Waals surface area contributed by atoms with Crippen LogP contribution in [0.1, 0.15) is 5.56 Å². The van der Waals surface area contributed by atoms with Crippen molar-refractivity contribution in [2.45, 2.75) is 6.54 Å². The summed E-state index contributed by atoms with van der Waals surface area (Å²) in [6.45, 7) is 0.598. The maximum absolute atomic E-state index is 5.97. The second-order valence-corrected chi connectivity index (χ2v) is 6.17. The molecule has 0 bridgehead atoms. The summed E-state index contributed by atoms with van der Waals surface area (Å²) >= 11 is 15.4. The van der Waals surface area contributed by atoms with Crippen LogP contribution < -0.4 is 5.32 Å². The van der Waals surface area contributed by atoms with E-state index in [0.29, 0.717) is 22.5 Å². The van der Waals surface area contributed by atoms with Crippen LogP contribution in [0.25, 0.3) is 11.0 Å². The number of hydrogen-bond donors (Lipinski definition) is 2. The summed E-state index contributed by atoms with van der Waals surface area (Å²) in [6.07, 6.45) is 0. The molecular formula is C14H10BrCl2N3. The van der Waals surface area contributed by atoms with Gasteiger partial charge in [0, 0.05) is 21.1 Å². The van der Waals surface area contributed by atoms with Gasteiger partial charge in [0.1, 0.15) is 0 Å². The normalized spacial score (nSPS) is 10.9. The van der Waals surface area contributed by atoms with Crippen molar-refractivity contribution in [1.82, 2.24) is 9.97 Å². The van der Waals surface area contributed by atoms with Gasteiger partial charge in [-0.3, -0.25) is 0 Å². The second kappa shape index (κ2) is 5.64. The van der Waals surface area contributed by atoms with Crippen molar-refractivity contribution >= 4 is 56.1 Å². The number of H-pyrrole nitrogens is 1. The smallest absolute Gasteiger partial charge is 0.201 e. The molecule has 0 saturated carbocycles. The lowest BCUT2D eigenvalue weighted by molar-refractivity contribution is 1.10. The fraction of sp³-hybridized carbons (Fsp3) is 0.0714. The first-order chi connectivity index (χ1) is 9.60. The quantitative estimate of drug-likeness (QED) is 0.661. The van der Waals surface area contributed by atoms with Crippen LogP contribution in [0.5, 0.6) is 0 Å². The second-order valence-electron chi connectivity index (χ2n) is 4.38. The molecule has 102 valence electrons. The van der Waals surface area contributed by atoms with Crippen LogP contribution >= 0.6 is 39.1 Å². The minimum Gasteiger partial charge on any atom is -0.352 e. The largest absolute Gasteiger partial charge is 0.352 e. The minimum atomic E-state index is 0.598. The molecule has 0 aliphatic heterocycles. The number of imidazole rings is 1. The van der Waals surface area contributed by atoms with Crippen LogP contribution in [0.3, 0.4) is 0 Å². The van der Waals surface area contributed by atoms with Crippen molar-refractivity contribution in [2.24, 2.45) is 0 Å². The average Bonchev–Trinajstić information content (AvgIpc) is 2.77. The van der Waals surface area contributed by atoms with Crippen molar-refractivity contribution in [1.29, 1.82) is 0 Å². The molecule has 3 nitrogen and oxygen atoms in total. The predicted octanol–water partition coefficient (Wildman–Crippen LogP) is 5.24. The van der Waals surface area contributed by atoms with E-state index in [4.69, 9.17) is 23.2 Å². The number of aromatic nitrogens is 2. The van der Waals surface area contributed by atoms with Gasteiger partial charge in [0.2, 0.25) is 5.95 Å². The van der Waals surface area contributed by atoms with Gasteiger partial charge in [-0.1, -0.05) is 39.1 Å². The average molecular weight is 371 g/mol. The Morgan fingerprint density at radius 2 is 1.85 bits per heavy atom. The number of rotatable bonds is 3. The molecule has 0 aliphatic rings. The number of aromatic amines is 1. The first kappa shape index (κ1) is 13.7. The Morgan fingerprint density at radius 1 is 1.10 bits per heavy atom. The zero-order valence-corrected chi connectivity index (χ0v) is 13.4. The Balaban J connectivity index is 1.79. The lowest BCUT2D eigenvalue weighted by atomic mass is 10.2. The molecule has 20 heavy (non-hydrogen) atoms. The number of halogens is 3. The lowest BCUT2D eigenvalue weighted by Gasteiger charge is -2.04. The maximum Gasteiger partial charge on any atom is 0.201 e. The van der Waals surface area contributed by atoms with E-state index in [2.05, 4.69) is 31.2 Å². The van der Waals surface area contributed by atoms with Crippen molar-refractivity contribution in [2.75, 3.05) is 5.32 Å². The first-order valence-electron chi connectivity index (χ1n) is 5.94. The predicted molar refractivity (Wildman–Crippen MR) is 87.6 cm³/mol. The summed E-state index contributed by atoms with van der Waals surface area (Å²) in [5.41, 5.74) is 2.90. The van der Waals surface area contributed by atoms with Crippen LogP contribution in [0.15, 0.2) is 40.9 Å². The van der Waals surface area contributed by atoms with Gasteiger partial charge in [-0.05, 0) is 42.0 Å². The van der Waals surface area contributed by atoms with Gasteiger partial charge in [0.15, 0.2) is 0 Å². The summed E-state index contributed by atoms with van der Waals surface area (Å²) in [5.74, 6) is 0.717. The molecular weight excluding hydrogens is 361 g/mol. The molecule has 0 saturated heterocycles. The lowest BCUT2D eigenvalue weighted by Crippen LogP contribution is -2.00. The Hall–Kier alpha value is -1.23. The third-order valence-electron chi connectivity index (χ3n) is 2.83. The van der Waals surface area contributed by atoms with E-state index in [1.54, 1.807) is 6.07 Å². The summed E-state index contributed by atoms with van der Waals surface area (Å²) in [5, 5.41) is 4.48. The number of fused-ring (bicyclic) bond motifs is 1. The van der Waals surface area contributed by atoms with Gasteiger partial charge < -0.3 is 10.3 Å². The Bertz CT molecular complexity index is 750. The van der Waals surface area contributed by atoms with Gasteiger partial charge in [0.05, 0.1) is 11.0 Å². The van der Waals surface area contributed by atoms with Gasteiger partial charge >= 0.3 is 0 Å². The van der Waals surface area contributed by atoms with Gasteiger partial charge in [-0.25, -0.2) is 4.98 Å². The zero-order valence-electron chi connectivity index (χ0n) is 10.3. The van der Waals surface area contributed by atoms with Crippen LogP contribution in [-0.2, 0) is 6.54 Å². The highest BCUT2D eigenvalue weighted by Crippen LogP contribution is 2.21. The fourth-order valence-electron chi connectivity index (χ4n) is 1.96. The number of nitrogens with one attached hydrogen (secondary N) is 2. The van der Waals surface area contributed by atoms with Crippen LogP contribution in [0.2, 0.25) is 10.0 Å². The van der Waals surface area contributed by atoms with Gasteiger partial charge in [-0.2, -0.15) is 0 Å². The molecule has 3 rings (SSSR count). The topological polar surface area (TPSA) is 40.7 Å². The van der Waals surface area contributed by atoms with Crippen LogP contribution in [-0.4, -0.2) is 9.97 Å². The Kier molecular flexibility index (Phi) is 3.87. The summed E-state index contributed by atoms with van der Waals surface area (Å²) in [6, 6.07) is 11.4. The highest BCUT2D eigenvalue weighted by molar-refractivity contribution is 9.10. The Labute approximate surface area is 134 Å². The van der Waals surface area contributed by atoms with Gasteiger partial charge in [0.25, 0.3) is 0 Å². The van der Waals surface area contributed by atoms with Crippen LogP contribution in [0.4, 0.5) is 5.95 Å². The zero-order chi connectivity index (χ0) is 14.1. The molecule has 2 N–H and O–H groups in total. The van der Waals surface area contributed by atoms with E-state index >= 15 is 0 Å². The molecule has 0 atom stereocenters. The number of nitrogens with zero attached hydrogens (tertiary/aromatic N) is 1. The highest BCUT2D eigenvalue weighted by Gasteiger charge is 2.04. The third kappa shape index (κ3) is 3.08. The van der Waals surface area contributed by atoms with E-state index in [-0.39, 0.29) is 0 Å². The maximum atomic E-state index is 5.97. The monoisotopic (exact) mass is 369 g/mol. The minimum absolute atomic E-state index is 0.598. The number of benzene rings is 2. The highest BCUT2D eigenvalue weighted by atomic mass is 79.9. The SMILES string of the molecule is Clc1cc(Cl)cc(CNc2nc3ccc(Br)cc3[nH]2)c1. The van der Waals surface area contributed by atoms with Crippen molar-refractivity contribution in [3.63, 3.8) is 0 Å². The third-order valence-corrected chi connectivity index (χ3v) is 3.76. The molecule has 0 radical (unpaired) electrons. The summed E-state index contributed by atoms with van der Waals surface area (Å²) in [4.78, 5) is 7.68. The number of anilines is 1. The van der Waals surface area contributed by atoms with E-state index in [9.17, 15) is 0 Å². The van der Waals surface area contributed by atoms with Crippen molar-refractivity contribution in [3.05, 3.63) is 56.5 Å². The summed E-state index contributed by atoms with van der Waals surface area (Å²) < 4.78 is 1.02. The molecule has 2 aromatic carbocycles. The van der Waals surface area contributed by atoms with E-state index in [1.165, 1.54) is 0 Å². The van der Waals surface area contributed by atoms with E-state index in [0.717, 1.165) is 21.1 Å². The van der Waals surface area contributed by atoms with Gasteiger partial charge in [-0.15, -0.1) is 0 Å². The Morgan fingerprint density at radius 3 is 2.60 bits per heavy atom. The van der Waals surface area contributed by atoms with Crippen LogP contribution in [0, 0.1) is 0 Å². The van der Waals surface area contributed by atoms with Crippen molar-refractivity contribution < 1.29 is 0 Å². The standard InChI is InChI=1S/C14H10BrCl2N3/c15-9-1-2-12-13(5-9)20-14(19-12)18-7-8-3-10(16)6-11(17)4-8/h1-6H,7H2,(H2,18,19,20). The molecule has 0 amide bonds. The molecule has 0 fully saturated rings. The molecule has 0 aliphatic carbocycles. The molecule has 0 unspecified atom stereocenters. The number of hydrogen-bond acceptors (Lipinski definition) is 2. The van der Waals surface area contributed by atoms with Crippen molar-refractivity contribution in [3.8, 4) is 0 Å². The fourth-order valence-corrected chi connectivity index (χ4v) is 2.90. The molecule has 1 heterocycles. The molecule has 0 spiro atoms. The van der Waals surface area contributed by atoms with E-state index in [1.807, 2.05) is 30.3 Å². The molecule has 3 aromatic rings. The summed E-state index contributed by atoms with van der Waals surface area (Å²) in [7, 11) is 0. The molecule has 6 heteroatoms. The molecule has 1 aromatic heterocycles. The first-order valence-corrected chi connectivity index (χ1v) is 7.49. The van der Waals surface area contributed by atoms with E-state index < -0.39 is 0 Å².